The van der Waals surface area contributed by atoms with Crippen LogP contribution in [-0.4, -0.2) is 28.8 Å². The molecule has 2 fully saturated rings. The molecule has 3 rings (SSSR count). The molecule has 0 radical (unpaired) electrons. The van der Waals surface area contributed by atoms with E-state index in [1.165, 1.54) is 6.42 Å². The standard InChI is InChI=1S/C17H24ClNO4S/c18-14-7-3-2-6-13(14)12-16-15(8-11-21-24(19)20)22-17(23-16)9-4-1-5-10-17/h2-3,6-7,15-16H,1,4-5,8-12,19H2/t15-,16-,24?/m0/s1. The van der Waals surface area contributed by atoms with Gasteiger partial charge in [-0.05, 0) is 24.5 Å². The molecule has 24 heavy (non-hydrogen) atoms. The smallest absolute Gasteiger partial charge is 0.231 e. The summed E-state index contributed by atoms with van der Waals surface area (Å²) in [6.45, 7) is 0.284. The van der Waals surface area contributed by atoms with Gasteiger partial charge in [-0.15, -0.1) is 0 Å². The fraction of sp³-hybridized carbons (Fsp3) is 0.647. The number of halogens is 1. The summed E-state index contributed by atoms with van der Waals surface area (Å²) in [6, 6.07) is 7.80. The van der Waals surface area contributed by atoms with Gasteiger partial charge in [0, 0.05) is 30.7 Å². The van der Waals surface area contributed by atoms with Gasteiger partial charge in [0.05, 0.1) is 18.8 Å². The topological polar surface area (TPSA) is 70.8 Å². The predicted octanol–water partition coefficient (Wildman–Crippen LogP) is 3.27. The van der Waals surface area contributed by atoms with Crippen LogP contribution in [0.1, 0.15) is 44.1 Å². The lowest BCUT2D eigenvalue weighted by atomic mass is 9.94. The highest BCUT2D eigenvalue weighted by Gasteiger charge is 2.47. The highest BCUT2D eigenvalue weighted by atomic mass is 35.5. The predicted molar refractivity (Wildman–Crippen MR) is 93.6 cm³/mol. The Labute approximate surface area is 150 Å². The minimum absolute atomic E-state index is 0.0854. The Morgan fingerprint density at radius 2 is 1.92 bits per heavy atom. The monoisotopic (exact) mass is 373 g/mol. The van der Waals surface area contributed by atoms with Crippen LogP contribution >= 0.6 is 11.6 Å². The summed E-state index contributed by atoms with van der Waals surface area (Å²) < 4.78 is 28.6. The van der Waals surface area contributed by atoms with Gasteiger partial charge in [0.15, 0.2) is 5.79 Å². The average Bonchev–Trinajstić information content (AvgIpc) is 2.87. The number of ether oxygens (including phenoxy) is 2. The molecule has 134 valence electrons. The van der Waals surface area contributed by atoms with Crippen LogP contribution in [0.15, 0.2) is 24.3 Å². The van der Waals surface area contributed by atoms with Gasteiger partial charge in [0.1, 0.15) is 0 Å². The molecule has 1 heterocycles. The molecular weight excluding hydrogens is 350 g/mol. The Morgan fingerprint density at radius 3 is 2.62 bits per heavy atom. The maximum absolute atomic E-state index is 10.9. The first-order valence-corrected chi connectivity index (χ1v) is 9.98. The number of rotatable bonds is 6. The first-order chi connectivity index (χ1) is 11.6. The van der Waals surface area contributed by atoms with E-state index in [1.54, 1.807) is 0 Å². The zero-order valence-corrected chi connectivity index (χ0v) is 15.2. The van der Waals surface area contributed by atoms with Crippen LogP contribution in [0.4, 0.5) is 0 Å². The van der Waals surface area contributed by atoms with Crippen molar-refractivity contribution in [1.29, 1.82) is 0 Å². The summed E-state index contributed by atoms with van der Waals surface area (Å²) in [7, 11) is 0. The van der Waals surface area contributed by atoms with Gasteiger partial charge in [-0.25, -0.2) is 9.35 Å². The number of nitrogens with two attached hydrogens (primary N) is 1. The van der Waals surface area contributed by atoms with Crippen LogP contribution in [0, 0.1) is 0 Å². The van der Waals surface area contributed by atoms with E-state index in [0.717, 1.165) is 36.3 Å². The molecule has 5 nitrogen and oxygen atoms in total. The van der Waals surface area contributed by atoms with Crippen molar-refractivity contribution in [2.45, 2.75) is 62.9 Å². The van der Waals surface area contributed by atoms with Crippen LogP contribution in [0.2, 0.25) is 5.02 Å². The van der Waals surface area contributed by atoms with Crippen molar-refractivity contribution >= 4 is 22.9 Å². The summed E-state index contributed by atoms with van der Waals surface area (Å²) in [6.07, 6.45) is 6.41. The summed E-state index contributed by atoms with van der Waals surface area (Å²) in [5.74, 6) is -0.475. The highest BCUT2D eigenvalue weighted by molar-refractivity contribution is 7.77. The molecule has 2 aliphatic rings. The van der Waals surface area contributed by atoms with Gasteiger partial charge in [-0.3, -0.25) is 4.18 Å². The normalized spacial score (nSPS) is 27.4. The van der Waals surface area contributed by atoms with Crippen molar-refractivity contribution in [3.05, 3.63) is 34.9 Å². The Morgan fingerprint density at radius 1 is 1.21 bits per heavy atom. The molecule has 1 spiro atoms. The quantitative estimate of drug-likeness (QED) is 0.830. The van der Waals surface area contributed by atoms with E-state index < -0.39 is 17.1 Å². The van der Waals surface area contributed by atoms with Crippen LogP contribution in [-0.2, 0) is 31.3 Å². The maximum atomic E-state index is 10.9. The summed E-state index contributed by atoms with van der Waals surface area (Å²) >= 11 is 4.55. The van der Waals surface area contributed by atoms with Gasteiger partial charge in [0.2, 0.25) is 11.3 Å². The summed E-state index contributed by atoms with van der Waals surface area (Å²) in [4.78, 5) is 0. The third-order valence-electron chi connectivity index (χ3n) is 4.74. The Bertz CT molecular complexity index is 579. The number of hydrogen-bond acceptors (Lipinski definition) is 4. The minimum Gasteiger partial charge on any atom is -0.344 e. The van der Waals surface area contributed by atoms with Gasteiger partial charge < -0.3 is 9.47 Å². The average molecular weight is 374 g/mol. The van der Waals surface area contributed by atoms with Gasteiger partial charge in [-0.1, -0.05) is 36.2 Å². The number of benzene rings is 1. The van der Waals surface area contributed by atoms with Crippen molar-refractivity contribution in [1.82, 2.24) is 0 Å². The van der Waals surface area contributed by atoms with Crippen molar-refractivity contribution in [3.8, 4) is 0 Å². The third-order valence-corrected chi connectivity index (χ3v) is 5.51. The molecule has 1 aliphatic carbocycles. The zero-order valence-electron chi connectivity index (χ0n) is 13.6. The van der Waals surface area contributed by atoms with Crippen LogP contribution in [0.25, 0.3) is 0 Å². The fourth-order valence-electron chi connectivity index (χ4n) is 3.60. The minimum atomic E-state index is -1.75. The molecular formula is C17H24ClNO4S. The van der Waals surface area contributed by atoms with E-state index in [2.05, 4.69) is 0 Å². The van der Waals surface area contributed by atoms with E-state index in [1.807, 2.05) is 24.3 Å². The second kappa shape index (κ2) is 8.25. The SMILES string of the molecule is NS(=O)OCC[C@@H]1OC2(CCCCC2)O[C@H]1Cc1ccccc1Cl. The summed E-state index contributed by atoms with van der Waals surface area (Å²) in [5.41, 5.74) is 1.05. The molecule has 1 aliphatic heterocycles. The van der Waals surface area contributed by atoms with Crippen LogP contribution in [0.5, 0.6) is 0 Å². The molecule has 0 aromatic heterocycles. The molecule has 0 amide bonds. The van der Waals surface area contributed by atoms with Crippen molar-refractivity contribution in [2.24, 2.45) is 5.14 Å². The lowest BCUT2D eigenvalue weighted by molar-refractivity contribution is -0.194. The molecule has 1 aromatic carbocycles. The molecule has 0 bridgehead atoms. The Kier molecular flexibility index (Phi) is 6.29. The van der Waals surface area contributed by atoms with E-state index in [-0.39, 0.29) is 18.8 Å². The van der Waals surface area contributed by atoms with Crippen molar-refractivity contribution in [2.75, 3.05) is 6.61 Å². The lowest BCUT2D eigenvalue weighted by Gasteiger charge is -2.32. The largest absolute Gasteiger partial charge is 0.344 e. The lowest BCUT2D eigenvalue weighted by Crippen LogP contribution is -2.33. The first-order valence-electron chi connectivity index (χ1n) is 8.46. The molecule has 1 saturated carbocycles. The Hall–Kier alpha value is -0.500. The molecule has 3 atom stereocenters. The second-order valence-electron chi connectivity index (χ2n) is 6.45. The second-order valence-corrected chi connectivity index (χ2v) is 7.61. The maximum Gasteiger partial charge on any atom is 0.231 e. The molecule has 1 aromatic rings. The first kappa shape index (κ1) is 18.3. The van der Waals surface area contributed by atoms with Gasteiger partial charge in [0.25, 0.3) is 0 Å². The van der Waals surface area contributed by atoms with Gasteiger partial charge in [-0.2, -0.15) is 0 Å². The van der Waals surface area contributed by atoms with Crippen LogP contribution < -0.4 is 5.14 Å². The third kappa shape index (κ3) is 4.56. The van der Waals surface area contributed by atoms with E-state index in [9.17, 15) is 4.21 Å². The van der Waals surface area contributed by atoms with Gasteiger partial charge >= 0.3 is 0 Å². The van der Waals surface area contributed by atoms with Crippen molar-refractivity contribution in [3.63, 3.8) is 0 Å². The molecule has 1 saturated heterocycles. The van der Waals surface area contributed by atoms with E-state index in [4.69, 9.17) is 30.4 Å². The fourth-order valence-corrected chi connectivity index (χ4v) is 4.08. The molecule has 1 unspecified atom stereocenters. The van der Waals surface area contributed by atoms with Crippen LogP contribution in [0.3, 0.4) is 0 Å². The van der Waals surface area contributed by atoms with E-state index >= 15 is 0 Å². The molecule has 7 heteroatoms. The molecule has 2 N–H and O–H groups in total. The number of hydrogen-bond donors (Lipinski definition) is 1. The van der Waals surface area contributed by atoms with Crippen molar-refractivity contribution < 1.29 is 17.9 Å². The zero-order chi connectivity index (χ0) is 17.0. The highest BCUT2D eigenvalue weighted by Crippen LogP contribution is 2.42. The summed E-state index contributed by atoms with van der Waals surface area (Å²) in [5, 5.41) is 5.89. The van der Waals surface area contributed by atoms with E-state index in [0.29, 0.717) is 12.8 Å². The Balaban J connectivity index is 1.70.